The second kappa shape index (κ2) is 7.94. The third-order valence-corrected chi connectivity index (χ3v) is 6.38. The van der Waals surface area contributed by atoms with Crippen LogP contribution in [0.2, 0.25) is 0 Å². The second-order valence-corrected chi connectivity index (χ2v) is 7.91. The molecule has 0 aliphatic carbocycles. The van der Waals surface area contributed by atoms with Gasteiger partial charge >= 0.3 is 0 Å². The number of hydrogen-bond donors (Lipinski definition) is 0. The predicted molar refractivity (Wildman–Crippen MR) is 101 cm³/mol. The van der Waals surface area contributed by atoms with Crippen LogP contribution in [0.3, 0.4) is 0 Å². The fraction of sp³-hybridized carbons (Fsp3) is 0.500. The Labute approximate surface area is 162 Å². The van der Waals surface area contributed by atoms with Crippen molar-refractivity contribution in [3.8, 4) is 5.88 Å². The summed E-state index contributed by atoms with van der Waals surface area (Å²) in [6, 6.07) is 4.77. The van der Waals surface area contributed by atoms with Gasteiger partial charge in [-0.25, -0.2) is 9.37 Å². The standard InChI is InChI=1S/C20H23FN2O3S/c21-17-2-1-8-22-18(17)25-11-3-16-4-12-26-20(16)6-9-23(10-7-20)19(24)15-5-13-27-14-15/h1-2,5,8,13-14,16H,3-4,6-7,9-12H2/t16-/m1/s1. The number of thiophene rings is 1. The molecule has 0 unspecified atom stereocenters. The summed E-state index contributed by atoms with van der Waals surface area (Å²) in [7, 11) is 0. The van der Waals surface area contributed by atoms with Crippen LogP contribution in [0.1, 0.15) is 36.0 Å². The summed E-state index contributed by atoms with van der Waals surface area (Å²) in [4.78, 5) is 18.4. The largest absolute Gasteiger partial charge is 0.476 e. The molecule has 7 heteroatoms. The van der Waals surface area contributed by atoms with Gasteiger partial charge in [0.15, 0.2) is 5.82 Å². The van der Waals surface area contributed by atoms with E-state index in [0.717, 1.165) is 37.9 Å². The van der Waals surface area contributed by atoms with Crippen molar-refractivity contribution < 1.29 is 18.7 Å². The Hall–Kier alpha value is -1.99. The lowest BCUT2D eigenvalue weighted by Crippen LogP contribution is -2.49. The quantitative estimate of drug-likeness (QED) is 0.780. The molecule has 2 aromatic heterocycles. The molecule has 1 spiro atoms. The summed E-state index contributed by atoms with van der Waals surface area (Å²) < 4.78 is 25.3. The van der Waals surface area contributed by atoms with Crippen molar-refractivity contribution in [1.82, 2.24) is 9.88 Å². The molecular weight excluding hydrogens is 367 g/mol. The van der Waals surface area contributed by atoms with Crippen molar-refractivity contribution in [2.75, 3.05) is 26.3 Å². The lowest BCUT2D eigenvalue weighted by atomic mass is 9.78. The summed E-state index contributed by atoms with van der Waals surface area (Å²) in [5.41, 5.74) is 0.586. The molecule has 2 aromatic rings. The van der Waals surface area contributed by atoms with E-state index in [1.165, 1.54) is 12.3 Å². The predicted octanol–water partition coefficient (Wildman–Crippen LogP) is 3.76. The first-order valence-electron chi connectivity index (χ1n) is 9.37. The van der Waals surface area contributed by atoms with Crippen LogP contribution in [-0.4, -0.2) is 47.7 Å². The van der Waals surface area contributed by atoms with Gasteiger partial charge in [-0.2, -0.15) is 11.3 Å². The van der Waals surface area contributed by atoms with Crippen molar-refractivity contribution in [3.63, 3.8) is 0 Å². The third kappa shape index (κ3) is 3.84. The molecule has 0 aromatic carbocycles. The number of likely N-dealkylation sites (tertiary alicyclic amines) is 1. The molecule has 1 amide bonds. The van der Waals surface area contributed by atoms with Crippen molar-refractivity contribution in [1.29, 1.82) is 0 Å². The van der Waals surface area contributed by atoms with Crippen molar-refractivity contribution >= 4 is 17.2 Å². The molecule has 4 heterocycles. The number of halogens is 1. The van der Waals surface area contributed by atoms with Crippen LogP contribution < -0.4 is 4.74 Å². The topological polar surface area (TPSA) is 51.7 Å². The van der Waals surface area contributed by atoms with E-state index in [9.17, 15) is 9.18 Å². The molecule has 2 aliphatic rings. The van der Waals surface area contributed by atoms with Crippen LogP contribution in [0.15, 0.2) is 35.2 Å². The van der Waals surface area contributed by atoms with Crippen molar-refractivity contribution in [2.45, 2.75) is 31.3 Å². The number of nitrogens with zero attached hydrogens (tertiary/aromatic N) is 2. The highest BCUT2D eigenvalue weighted by atomic mass is 32.1. The van der Waals surface area contributed by atoms with Gasteiger partial charge in [0.2, 0.25) is 5.88 Å². The zero-order valence-corrected chi connectivity index (χ0v) is 15.9. The summed E-state index contributed by atoms with van der Waals surface area (Å²) in [5, 5.41) is 3.83. The number of rotatable bonds is 5. The Morgan fingerprint density at radius 3 is 3.00 bits per heavy atom. The van der Waals surface area contributed by atoms with Gasteiger partial charge in [-0.05, 0) is 55.2 Å². The van der Waals surface area contributed by atoms with Gasteiger partial charge in [0.1, 0.15) is 0 Å². The number of carbonyl (C=O) groups is 1. The van der Waals surface area contributed by atoms with E-state index in [2.05, 4.69) is 4.98 Å². The van der Waals surface area contributed by atoms with E-state index >= 15 is 0 Å². The van der Waals surface area contributed by atoms with Gasteiger partial charge in [-0.1, -0.05) is 0 Å². The van der Waals surface area contributed by atoms with E-state index in [1.807, 2.05) is 21.7 Å². The fourth-order valence-corrected chi connectivity index (χ4v) is 4.81. The second-order valence-electron chi connectivity index (χ2n) is 7.13. The average Bonchev–Trinajstić information content (AvgIpc) is 3.35. The molecule has 1 atom stereocenters. The van der Waals surface area contributed by atoms with Crippen LogP contribution in [0.4, 0.5) is 4.39 Å². The number of aromatic nitrogens is 1. The zero-order chi connectivity index (χ0) is 18.7. The van der Waals surface area contributed by atoms with Gasteiger partial charge in [0.25, 0.3) is 5.91 Å². The Bertz CT molecular complexity index is 775. The number of pyridine rings is 1. The number of carbonyl (C=O) groups excluding carboxylic acids is 1. The van der Waals surface area contributed by atoms with E-state index < -0.39 is 5.82 Å². The summed E-state index contributed by atoms with van der Waals surface area (Å²) in [5.74, 6) is 0.0917. The van der Waals surface area contributed by atoms with E-state index in [-0.39, 0.29) is 17.4 Å². The molecule has 2 fully saturated rings. The van der Waals surface area contributed by atoms with Gasteiger partial charge < -0.3 is 14.4 Å². The monoisotopic (exact) mass is 390 g/mol. The van der Waals surface area contributed by atoms with E-state index in [4.69, 9.17) is 9.47 Å². The maximum atomic E-state index is 13.6. The number of ether oxygens (including phenoxy) is 2. The molecular formula is C20H23FN2O3S. The van der Waals surface area contributed by atoms with Crippen LogP contribution >= 0.6 is 11.3 Å². The molecule has 27 heavy (non-hydrogen) atoms. The SMILES string of the molecule is O=C(c1ccsc1)N1CCC2(CC1)OCC[C@H]2CCOc1ncccc1F. The first-order valence-corrected chi connectivity index (χ1v) is 10.3. The molecule has 2 saturated heterocycles. The maximum absolute atomic E-state index is 13.6. The summed E-state index contributed by atoms with van der Waals surface area (Å²) in [6.07, 6.45) is 4.98. The fourth-order valence-electron chi connectivity index (χ4n) is 4.18. The lowest BCUT2D eigenvalue weighted by Gasteiger charge is -2.42. The Morgan fingerprint density at radius 2 is 2.26 bits per heavy atom. The van der Waals surface area contributed by atoms with Crippen molar-refractivity contribution in [3.05, 3.63) is 46.5 Å². The molecule has 0 N–H and O–H groups in total. The van der Waals surface area contributed by atoms with Gasteiger partial charge in [-0.3, -0.25) is 4.79 Å². The number of piperidine rings is 1. The minimum atomic E-state index is -0.435. The van der Waals surface area contributed by atoms with Gasteiger partial charge in [0.05, 0.1) is 17.8 Å². The Balaban J connectivity index is 1.32. The average molecular weight is 390 g/mol. The molecule has 2 aliphatic heterocycles. The zero-order valence-electron chi connectivity index (χ0n) is 15.1. The van der Waals surface area contributed by atoms with Crippen LogP contribution in [0.25, 0.3) is 0 Å². The van der Waals surface area contributed by atoms with Crippen LogP contribution in [0, 0.1) is 11.7 Å². The molecule has 4 rings (SSSR count). The van der Waals surface area contributed by atoms with Gasteiger partial charge in [0, 0.05) is 31.3 Å². The van der Waals surface area contributed by atoms with E-state index in [1.54, 1.807) is 17.4 Å². The Morgan fingerprint density at radius 1 is 1.41 bits per heavy atom. The first kappa shape index (κ1) is 18.4. The van der Waals surface area contributed by atoms with E-state index in [0.29, 0.717) is 25.6 Å². The highest BCUT2D eigenvalue weighted by Crippen LogP contribution is 2.42. The third-order valence-electron chi connectivity index (χ3n) is 5.69. The van der Waals surface area contributed by atoms with Crippen molar-refractivity contribution in [2.24, 2.45) is 5.92 Å². The molecule has 0 saturated carbocycles. The minimum Gasteiger partial charge on any atom is -0.476 e. The molecule has 0 radical (unpaired) electrons. The molecule has 144 valence electrons. The van der Waals surface area contributed by atoms with Crippen LogP contribution in [-0.2, 0) is 4.74 Å². The summed E-state index contributed by atoms with van der Waals surface area (Å²) in [6.45, 7) is 2.57. The minimum absolute atomic E-state index is 0.0571. The number of hydrogen-bond acceptors (Lipinski definition) is 5. The normalized spacial score (nSPS) is 21.5. The lowest BCUT2D eigenvalue weighted by molar-refractivity contribution is -0.0649. The number of amides is 1. The maximum Gasteiger partial charge on any atom is 0.254 e. The highest BCUT2D eigenvalue weighted by molar-refractivity contribution is 7.08. The Kier molecular flexibility index (Phi) is 5.41. The first-order chi connectivity index (χ1) is 13.2. The summed E-state index contributed by atoms with van der Waals surface area (Å²) >= 11 is 1.54. The molecule has 0 bridgehead atoms. The van der Waals surface area contributed by atoms with Crippen LogP contribution in [0.5, 0.6) is 5.88 Å². The molecule has 5 nitrogen and oxygen atoms in total. The van der Waals surface area contributed by atoms with Gasteiger partial charge in [-0.15, -0.1) is 0 Å². The smallest absolute Gasteiger partial charge is 0.254 e. The highest BCUT2D eigenvalue weighted by Gasteiger charge is 2.46.